The molecule has 0 aromatic heterocycles. The van der Waals surface area contributed by atoms with Crippen molar-refractivity contribution in [1.29, 1.82) is 0 Å². The van der Waals surface area contributed by atoms with E-state index in [1.165, 1.54) is 12.8 Å². The lowest BCUT2D eigenvalue weighted by atomic mass is 10.1. The lowest BCUT2D eigenvalue weighted by molar-refractivity contribution is -0.128. The van der Waals surface area contributed by atoms with Crippen molar-refractivity contribution < 1.29 is 4.79 Å². The summed E-state index contributed by atoms with van der Waals surface area (Å²) in [7, 11) is 2.11. The summed E-state index contributed by atoms with van der Waals surface area (Å²) in [4.78, 5) is 16.9. The van der Waals surface area contributed by atoms with Crippen molar-refractivity contribution in [3.8, 4) is 0 Å². The third kappa shape index (κ3) is 3.68. The summed E-state index contributed by atoms with van der Waals surface area (Å²) < 4.78 is 0. The van der Waals surface area contributed by atoms with Crippen molar-refractivity contribution in [1.82, 2.24) is 15.1 Å². The molecule has 0 aromatic carbocycles. The number of carbonyl (C=O) groups excluding carboxylic acids is 1. The number of amides is 1. The monoisotopic (exact) mass is 268 g/mol. The van der Waals surface area contributed by atoms with Gasteiger partial charge in [-0.05, 0) is 26.8 Å². The van der Waals surface area contributed by atoms with E-state index in [2.05, 4.69) is 22.2 Å². The van der Waals surface area contributed by atoms with Gasteiger partial charge in [0.25, 0.3) is 0 Å². The van der Waals surface area contributed by atoms with Crippen molar-refractivity contribution in [2.24, 2.45) is 5.73 Å². The summed E-state index contributed by atoms with van der Waals surface area (Å²) in [5.41, 5.74) is 5.86. The van der Waals surface area contributed by atoms with E-state index in [0.717, 1.165) is 32.5 Å². The number of nitrogens with one attached hydrogen (secondary N) is 1. The highest BCUT2D eigenvalue weighted by molar-refractivity contribution is 5.81. The predicted octanol–water partition coefficient (Wildman–Crippen LogP) is 0.00840. The van der Waals surface area contributed by atoms with Crippen LogP contribution in [0.2, 0.25) is 0 Å². The third-order valence-electron chi connectivity index (χ3n) is 4.58. The molecule has 2 fully saturated rings. The van der Waals surface area contributed by atoms with Crippen LogP contribution in [0.3, 0.4) is 0 Å². The number of hydrogen-bond acceptors (Lipinski definition) is 4. The highest BCUT2D eigenvalue weighted by Crippen LogP contribution is 2.18. The Kier molecular flexibility index (Phi) is 5.19. The maximum Gasteiger partial charge on any atom is 0.237 e. The third-order valence-corrected chi connectivity index (χ3v) is 4.58. The molecule has 1 aliphatic carbocycles. The molecule has 2 rings (SSSR count). The molecule has 1 heterocycles. The fourth-order valence-electron chi connectivity index (χ4n) is 3.29. The fraction of sp³-hybridized carbons (Fsp3) is 0.929. The Morgan fingerprint density at radius 1 is 1.37 bits per heavy atom. The van der Waals surface area contributed by atoms with Crippen LogP contribution < -0.4 is 11.1 Å². The minimum absolute atomic E-state index is 0.0668. The minimum atomic E-state index is -0.0668. The molecule has 110 valence electrons. The van der Waals surface area contributed by atoms with Crippen LogP contribution in [0.1, 0.15) is 32.6 Å². The van der Waals surface area contributed by atoms with Gasteiger partial charge < -0.3 is 16.0 Å². The van der Waals surface area contributed by atoms with Gasteiger partial charge in [-0.25, -0.2) is 0 Å². The van der Waals surface area contributed by atoms with Crippen LogP contribution >= 0.6 is 0 Å². The van der Waals surface area contributed by atoms with Gasteiger partial charge in [0, 0.05) is 38.3 Å². The normalized spacial score (nSPS) is 28.5. The number of hydrogen-bond donors (Lipinski definition) is 2. The van der Waals surface area contributed by atoms with Gasteiger partial charge in [-0.1, -0.05) is 12.8 Å². The molecule has 1 amide bonds. The van der Waals surface area contributed by atoms with Gasteiger partial charge in [0.1, 0.15) is 0 Å². The second kappa shape index (κ2) is 6.68. The predicted molar refractivity (Wildman–Crippen MR) is 76.9 cm³/mol. The average Bonchev–Trinajstić information content (AvgIpc) is 2.90. The summed E-state index contributed by atoms with van der Waals surface area (Å²) in [6.07, 6.45) is 4.78. The average molecular weight is 268 g/mol. The van der Waals surface area contributed by atoms with Crippen molar-refractivity contribution in [2.45, 2.75) is 50.7 Å². The molecule has 3 N–H and O–H groups in total. The number of nitrogens with zero attached hydrogens (tertiary/aromatic N) is 2. The molecule has 2 atom stereocenters. The quantitative estimate of drug-likeness (QED) is 0.754. The fourth-order valence-corrected chi connectivity index (χ4v) is 3.29. The minimum Gasteiger partial charge on any atom is -0.352 e. The van der Waals surface area contributed by atoms with E-state index in [1.54, 1.807) is 0 Å². The zero-order valence-corrected chi connectivity index (χ0v) is 12.3. The molecule has 5 heteroatoms. The molecule has 19 heavy (non-hydrogen) atoms. The zero-order chi connectivity index (χ0) is 13.8. The van der Waals surface area contributed by atoms with Crippen LogP contribution in [-0.4, -0.2) is 67.1 Å². The second-order valence-corrected chi connectivity index (χ2v) is 6.06. The van der Waals surface area contributed by atoms with Crippen LogP contribution in [0.5, 0.6) is 0 Å². The van der Waals surface area contributed by atoms with Crippen LogP contribution in [0, 0.1) is 0 Å². The summed E-state index contributed by atoms with van der Waals surface area (Å²) in [6.45, 7) is 5.52. The molecule has 2 unspecified atom stereocenters. The van der Waals surface area contributed by atoms with E-state index in [9.17, 15) is 4.79 Å². The first kappa shape index (κ1) is 14.8. The first-order chi connectivity index (χ1) is 9.11. The molecule has 1 saturated heterocycles. The smallest absolute Gasteiger partial charge is 0.237 e. The van der Waals surface area contributed by atoms with Crippen LogP contribution in [0.4, 0.5) is 0 Å². The molecular weight excluding hydrogens is 240 g/mol. The molecule has 5 nitrogen and oxygen atoms in total. The Balaban J connectivity index is 1.89. The summed E-state index contributed by atoms with van der Waals surface area (Å²) in [6, 6.07) is 0.629. The summed E-state index contributed by atoms with van der Waals surface area (Å²) >= 11 is 0. The second-order valence-electron chi connectivity index (χ2n) is 6.06. The first-order valence-electron chi connectivity index (χ1n) is 7.56. The Morgan fingerprint density at radius 2 is 2.05 bits per heavy atom. The first-order valence-corrected chi connectivity index (χ1v) is 7.56. The molecule has 0 aromatic rings. The molecule has 0 spiro atoms. The molecule has 2 aliphatic rings. The highest BCUT2D eigenvalue weighted by Gasteiger charge is 2.32. The van der Waals surface area contributed by atoms with E-state index in [-0.39, 0.29) is 11.9 Å². The number of carbonyl (C=O) groups is 1. The van der Waals surface area contributed by atoms with Crippen molar-refractivity contribution in [3.63, 3.8) is 0 Å². The van der Waals surface area contributed by atoms with Gasteiger partial charge >= 0.3 is 0 Å². The van der Waals surface area contributed by atoms with Gasteiger partial charge in [-0.3, -0.25) is 9.69 Å². The van der Waals surface area contributed by atoms with E-state index in [4.69, 9.17) is 5.73 Å². The van der Waals surface area contributed by atoms with Crippen molar-refractivity contribution in [2.75, 3.05) is 33.2 Å². The molecule has 0 bridgehead atoms. The van der Waals surface area contributed by atoms with Crippen LogP contribution in [-0.2, 0) is 4.79 Å². The van der Waals surface area contributed by atoms with E-state index < -0.39 is 0 Å². The number of piperazine rings is 1. The lowest BCUT2D eigenvalue weighted by Gasteiger charge is -2.42. The molecular formula is C14H28N4O. The lowest BCUT2D eigenvalue weighted by Crippen LogP contribution is -2.60. The Morgan fingerprint density at radius 3 is 2.68 bits per heavy atom. The zero-order valence-electron chi connectivity index (χ0n) is 12.3. The van der Waals surface area contributed by atoms with Gasteiger partial charge in [-0.2, -0.15) is 0 Å². The topological polar surface area (TPSA) is 61.6 Å². The maximum atomic E-state index is 12.3. The number of rotatable bonds is 4. The highest BCUT2D eigenvalue weighted by atomic mass is 16.2. The standard InChI is InChI=1S/C14H28N4O/c1-11(14(19)16-12-5-3-4-6-12)18-8-7-17(2)10-13(18)9-15/h11-13H,3-10,15H2,1-2H3,(H,16,19). The van der Waals surface area contributed by atoms with E-state index in [0.29, 0.717) is 18.6 Å². The van der Waals surface area contributed by atoms with Gasteiger partial charge in [0.05, 0.1) is 6.04 Å². The molecule has 0 radical (unpaired) electrons. The Bertz CT molecular complexity index is 304. The van der Waals surface area contributed by atoms with Crippen LogP contribution in [0.25, 0.3) is 0 Å². The van der Waals surface area contributed by atoms with Crippen molar-refractivity contribution >= 4 is 5.91 Å². The van der Waals surface area contributed by atoms with Gasteiger partial charge in [-0.15, -0.1) is 0 Å². The SMILES string of the molecule is CC(C(=O)NC1CCCC1)N1CCN(C)CC1CN. The summed E-state index contributed by atoms with van der Waals surface area (Å²) in [5, 5.41) is 3.20. The number of nitrogens with two attached hydrogens (primary N) is 1. The largest absolute Gasteiger partial charge is 0.352 e. The Hall–Kier alpha value is -0.650. The molecule has 1 aliphatic heterocycles. The van der Waals surface area contributed by atoms with E-state index >= 15 is 0 Å². The Labute approximate surface area is 116 Å². The molecule has 1 saturated carbocycles. The summed E-state index contributed by atoms with van der Waals surface area (Å²) in [5.74, 6) is 0.176. The maximum absolute atomic E-state index is 12.3. The van der Waals surface area contributed by atoms with Crippen molar-refractivity contribution in [3.05, 3.63) is 0 Å². The van der Waals surface area contributed by atoms with Gasteiger partial charge in [0.15, 0.2) is 0 Å². The number of likely N-dealkylation sites (N-methyl/N-ethyl adjacent to an activating group) is 1. The van der Waals surface area contributed by atoms with Crippen LogP contribution in [0.15, 0.2) is 0 Å². The van der Waals surface area contributed by atoms with E-state index in [1.807, 2.05) is 6.92 Å². The van der Waals surface area contributed by atoms with Gasteiger partial charge in [0.2, 0.25) is 5.91 Å².